The quantitative estimate of drug-likeness (QED) is 0.545. The van der Waals surface area contributed by atoms with Crippen LogP contribution in [-0.4, -0.2) is 32.2 Å². The molecule has 0 bridgehead atoms. The van der Waals surface area contributed by atoms with Crippen molar-refractivity contribution in [1.29, 1.82) is 0 Å². The Morgan fingerprint density at radius 2 is 1.73 bits per heavy atom. The topological polar surface area (TPSA) is 69.7 Å². The highest BCUT2D eigenvalue weighted by Crippen LogP contribution is 2.38. The summed E-state index contributed by atoms with van der Waals surface area (Å²) in [7, 11) is 4.51. The van der Waals surface area contributed by atoms with E-state index in [0.29, 0.717) is 39.2 Å². The van der Waals surface area contributed by atoms with Crippen LogP contribution in [0.1, 0.15) is 5.56 Å². The molecule has 0 saturated carbocycles. The third-order valence-electron chi connectivity index (χ3n) is 4.06. The number of ether oxygens (including phenoxy) is 3. The molecule has 1 amide bonds. The smallest absolute Gasteiger partial charge is 0.250 e. The van der Waals surface area contributed by atoms with Gasteiger partial charge in [-0.05, 0) is 42.0 Å². The first-order valence-electron chi connectivity index (χ1n) is 8.65. The number of aromatic nitrogens is 1. The molecule has 0 aliphatic heterocycles. The first-order valence-corrected chi connectivity index (χ1v) is 9.53. The minimum Gasteiger partial charge on any atom is -0.493 e. The average molecular weight is 432 g/mol. The molecule has 0 spiro atoms. The molecule has 156 valence electrons. The van der Waals surface area contributed by atoms with E-state index in [1.807, 2.05) is 0 Å². The number of thiazole rings is 1. The fourth-order valence-corrected chi connectivity index (χ4v) is 3.36. The number of rotatable bonds is 7. The summed E-state index contributed by atoms with van der Waals surface area (Å²) in [5.41, 5.74) is 1.52. The van der Waals surface area contributed by atoms with Crippen LogP contribution in [0.5, 0.6) is 17.2 Å². The minimum absolute atomic E-state index is 0.328. The van der Waals surface area contributed by atoms with Crippen LogP contribution in [0.4, 0.5) is 13.9 Å². The fraction of sp³-hybridized carbons (Fsp3) is 0.143. The van der Waals surface area contributed by atoms with E-state index in [1.54, 1.807) is 23.6 Å². The van der Waals surface area contributed by atoms with Crippen LogP contribution in [0, 0.1) is 11.6 Å². The van der Waals surface area contributed by atoms with Crippen LogP contribution < -0.4 is 19.5 Å². The Labute approximate surface area is 175 Å². The number of carbonyl (C=O) groups excluding carboxylic acids is 1. The molecule has 3 aromatic rings. The SMILES string of the molecule is COc1cc(/C=C/C(=O)Nc2nc(-c3ccc(F)c(F)c3)cs2)cc(OC)c1OC. The molecule has 0 aliphatic rings. The molecule has 0 aliphatic carbocycles. The second-order valence-corrected chi connectivity index (χ2v) is 6.81. The van der Waals surface area contributed by atoms with Crippen LogP contribution >= 0.6 is 11.3 Å². The van der Waals surface area contributed by atoms with Gasteiger partial charge in [0.05, 0.1) is 27.0 Å². The first kappa shape index (κ1) is 21.3. The van der Waals surface area contributed by atoms with Crippen molar-refractivity contribution >= 4 is 28.5 Å². The number of benzene rings is 2. The molecule has 0 unspecified atom stereocenters. The summed E-state index contributed by atoms with van der Waals surface area (Å²) >= 11 is 1.17. The van der Waals surface area contributed by atoms with Gasteiger partial charge in [0.1, 0.15) is 0 Å². The van der Waals surface area contributed by atoms with Gasteiger partial charge in [0, 0.05) is 17.0 Å². The zero-order valence-corrected chi connectivity index (χ0v) is 17.2. The van der Waals surface area contributed by atoms with Crippen LogP contribution in [0.2, 0.25) is 0 Å². The Morgan fingerprint density at radius 1 is 1.03 bits per heavy atom. The van der Waals surface area contributed by atoms with Gasteiger partial charge in [-0.25, -0.2) is 13.8 Å². The lowest BCUT2D eigenvalue weighted by atomic mass is 10.1. The summed E-state index contributed by atoms with van der Waals surface area (Å²) in [6, 6.07) is 6.91. The van der Waals surface area contributed by atoms with Crippen molar-refractivity contribution in [3.8, 4) is 28.5 Å². The van der Waals surface area contributed by atoms with Gasteiger partial charge < -0.3 is 14.2 Å². The fourth-order valence-electron chi connectivity index (χ4n) is 2.64. The van der Waals surface area contributed by atoms with Gasteiger partial charge in [0.15, 0.2) is 28.3 Å². The van der Waals surface area contributed by atoms with Crippen molar-refractivity contribution in [3.63, 3.8) is 0 Å². The first-order chi connectivity index (χ1) is 14.4. The Morgan fingerprint density at radius 3 is 2.33 bits per heavy atom. The molecular formula is C21H18F2N2O4S. The molecule has 1 heterocycles. The Hall–Kier alpha value is -3.46. The van der Waals surface area contributed by atoms with Crippen molar-refractivity contribution in [2.45, 2.75) is 0 Å². The Kier molecular flexibility index (Phi) is 6.63. The molecule has 9 heteroatoms. The second kappa shape index (κ2) is 9.36. The zero-order valence-electron chi connectivity index (χ0n) is 16.4. The lowest BCUT2D eigenvalue weighted by Crippen LogP contribution is -2.07. The number of halogens is 2. The van der Waals surface area contributed by atoms with Crippen molar-refractivity contribution in [2.24, 2.45) is 0 Å². The number of hydrogen-bond acceptors (Lipinski definition) is 6. The second-order valence-electron chi connectivity index (χ2n) is 5.95. The molecule has 0 fully saturated rings. The molecule has 1 N–H and O–H groups in total. The molecule has 1 aromatic heterocycles. The number of anilines is 1. The molecule has 6 nitrogen and oxygen atoms in total. The molecule has 30 heavy (non-hydrogen) atoms. The van der Waals surface area contributed by atoms with Crippen LogP contribution in [0.25, 0.3) is 17.3 Å². The number of hydrogen-bond donors (Lipinski definition) is 1. The van der Waals surface area contributed by atoms with E-state index in [-0.39, 0.29) is 0 Å². The maximum Gasteiger partial charge on any atom is 0.250 e. The lowest BCUT2D eigenvalue weighted by Gasteiger charge is -2.12. The predicted octanol–water partition coefficient (Wildman–Crippen LogP) is 4.77. The number of amides is 1. The highest BCUT2D eigenvalue weighted by Gasteiger charge is 2.13. The largest absolute Gasteiger partial charge is 0.493 e. The van der Waals surface area contributed by atoms with Crippen LogP contribution in [-0.2, 0) is 4.79 Å². The van der Waals surface area contributed by atoms with Crippen molar-refractivity contribution in [1.82, 2.24) is 4.98 Å². The predicted molar refractivity (Wildman–Crippen MR) is 111 cm³/mol. The van der Waals surface area contributed by atoms with E-state index < -0.39 is 17.5 Å². The third-order valence-corrected chi connectivity index (χ3v) is 4.82. The maximum absolute atomic E-state index is 13.4. The molecule has 2 aromatic carbocycles. The van der Waals surface area contributed by atoms with Gasteiger partial charge in [-0.3, -0.25) is 10.1 Å². The van der Waals surface area contributed by atoms with Gasteiger partial charge in [-0.15, -0.1) is 11.3 Å². The molecule has 3 rings (SSSR count). The van der Waals surface area contributed by atoms with E-state index in [2.05, 4.69) is 10.3 Å². The van der Waals surface area contributed by atoms with Gasteiger partial charge in [-0.2, -0.15) is 0 Å². The van der Waals surface area contributed by atoms with Crippen LogP contribution in [0.3, 0.4) is 0 Å². The van der Waals surface area contributed by atoms with Crippen molar-refractivity contribution in [2.75, 3.05) is 26.6 Å². The summed E-state index contributed by atoms with van der Waals surface area (Å²) in [5.74, 6) is -0.913. The van der Waals surface area contributed by atoms with E-state index in [9.17, 15) is 13.6 Å². The highest BCUT2D eigenvalue weighted by molar-refractivity contribution is 7.14. The number of methoxy groups -OCH3 is 3. The van der Waals surface area contributed by atoms with E-state index in [0.717, 1.165) is 12.1 Å². The summed E-state index contributed by atoms with van der Waals surface area (Å²) in [4.78, 5) is 16.5. The van der Waals surface area contributed by atoms with E-state index in [1.165, 1.54) is 44.8 Å². The van der Waals surface area contributed by atoms with Gasteiger partial charge in [0.25, 0.3) is 0 Å². The van der Waals surface area contributed by atoms with Gasteiger partial charge in [0.2, 0.25) is 11.7 Å². The Bertz CT molecular complexity index is 1070. The number of nitrogens with zero attached hydrogens (tertiary/aromatic N) is 1. The number of carbonyl (C=O) groups is 1. The van der Waals surface area contributed by atoms with E-state index in [4.69, 9.17) is 14.2 Å². The molecular weight excluding hydrogens is 414 g/mol. The van der Waals surface area contributed by atoms with Crippen LogP contribution in [0.15, 0.2) is 41.8 Å². The molecule has 0 atom stereocenters. The third kappa shape index (κ3) is 4.74. The Balaban J connectivity index is 1.72. The summed E-state index contributed by atoms with van der Waals surface area (Å²) in [5, 5.41) is 4.61. The maximum atomic E-state index is 13.4. The highest BCUT2D eigenvalue weighted by atomic mass is 32.1. The minimum atomic E-state index is -0.959. The lowest BCUT2D eigenvalue weighted by molar-refractivity contribution is -0.111. The number of nitrogens with one attached hydrogen (secondary N) is 1. The molecule has 0 saturated heterocycles. The molecule has 0 radical (unpaired) electrons. The average Bonchev–Trinajstić information content (AvgIpc) is 3.21. The monoisotopic (exact) mass is 432 g/mol. The van der Waals surface area contributed by atoms with Crippen molar-refractivity contribution in [3.05, 3.63) is 59.0 Å². The standard InChI is InChI=1S/C21H18F2N2O4S/c1-27-17-8-12(9-18(28-2)20(17)29-3)4-7-19(26)25-21-24-16(11-30-21)13-5-6-14(22)15(23)10-13/h4-11H,1-3H3,(H,24,25,26)/b7-4+. The summed E-state index contributed by atoms with van der Waals surface area (Å²) in [6.45, 7) is 0. The zero-order chi connectivity index (χ0) is 21.7. The summed E-state index contributed by atoms with van der Waals surface area (Å²) in [6.07, 6.45) is 2.92. The normalized spacial score (nSPS) is 10.8. The van der Waals surface area contributed by atoms with Crippen molar-refractivity contribution < 1.29 is 27.8 Å². The van der Waals surface area contributed by atoms with Gasteiger partial charge in [-0.1, -0.05) is 0 Å². The summed E-state index contributed by atoms with van der Waals surface area (Å²) < 4.78 is 42.3. The van der Waals surface area contributed by atoms with Gasteiger partial charge >= 0.3 is 0 Å². The van der Waals surface area contributed by atoms with E-state index >= 15 is 0 Å².